The molecule has 0 aliphatic carbocycles. The van der Waals surface area contributed by atoms with Gasteiger partial charge in [-0.05, 0) is 13.8 Å². The molecule has 0 aromatic rings. The Kier molecular flexibility index (Phi) is 5.45. The van der Waals surface area contributed by atoms with Crippen LogP contribution in [0.15, 0.2) is 11.6 Å². The van der Waals surface area contributed by atoms with E-state index in [0.29, 0.717) is 5.75 Å². The number of rotatable bonds is 3. The zero-order chi connectivity index (χ0) is 7.11. The summed E-state index contributed by atoms with van der Waals surface area (Å²) in [5.74, 6) is 1.57. The highest BCUT2D eigenvalue weighted by Crippen LogP contribution is 2.00. The molecule has 0 amide bonds. The van der Waals surface area contributed by atoms with Gasteiger partial charge in [-0.15, -0.1) is 11.8 Å². The Hall–Kier alpha value is -0.420. The van der Waals surface area contributed by atoms with Crippen LogP contribution in [0.3, 0.4) is 0 Å². The maximum atomic E-state index is 8.14. The van der Waals surface area contributed by atoms with E-state index < -0.39 is 0 Å². The summed E-state index contributed by atoms with van der Waals surface area (Å²) in [6, 6.07) is 2.08. The van der Waals surface area contributed by atoms with Gasteiger partial charge in [0.15, 0.2) is 0 Å². The van der Waals surface area contributed by atoms with Gasteiger partial charge in [0.05, 0.1) is 11.8 Å². The first-order valence-electron chi connectivity index (χ1n) is 2.85. The average Bonchev–Trinajstić information content (AvgIpc) is 1.80. The molecule has 0 spiro atoms. The van der Waals surface area contributed by atoms with Gasteiger partial charge in [0, 0.05) is 5.75 Å². The van der Waals surface area contributed by atoms with Crippen LogP contribution in [0, 0.1) is 11.3 Å². The van der Waals surface area contributed by atoms with E-state index in [0.717, 1.165) is 5.75 Å². The summed E-state index contributed by atoms with van der Waals surface area (Å²) in [6.45, 7) is 4.12. The van der Waals surface area contributed by atoms with Crippen molar-refractivity contribution in [2.45, 2.75) is 13.8 Å². The number of thioether (sulfide) groups is 1. The molecule has 0 bridgehead atoms. The van der Waals surface area contributed by atoms with Crippen molar-refractivity contribution in [3.8, 4) is 6.07 Å². The van der Waals surface area contributed by atoms with Crippen molar-refractivity contribution in [2.75, 3.05) is 11.5 Å². The quantitative estimate of drug-likeness (QED) is 0.444. The van der Waals surface area contributed by atoms with Crippen LogP contribution >= 0.6 is 11.8 Å². The molecule has 2 heteroatoms. The van der Waals surface area contributed by atoms with Gasteiger partial charge in [0.2, 0.25) is 0 Å². The first kappa shape index (κ1) is 8.58. The van der Waals surface area contributed by atoms with Crippen LogP contribution in [0.4, 0.5) is 0 Å². The average molecular weight is 141 g/mol. The molecule has 0 aliphatic heterocycles. The highest BCUT2D eigenvalue weighted by atomic mass is 32.2. The zero-order valence-corrected chi connectivity index (χ0v) is 6.66. The standard InChI is InChI=1S/C7H11NS/c1-7(2)3-5-9-6-4-8/h3H,5-6H2,1-2H3. The molecule has 0 fully saturated rings. The van der Waals surface area contributed by atoms with Gasteiger partial charge < -0.3 is 0 Å². The molecule has 0 unspecified atom stereocenters. The minimum absolute atomic E-state index is 0.601. The third-order valence-electron chi connectivity index (χ3n) is 0.776. The zero-order valence-electron chi connectivity index (χ0n) is 5.85. The highest BCUT2D eigenvalue weighted by Gasteiger charge is 1.80. The fourth-order valence-corrected chi connectivity index (χ4v) is 0.990. The van der Waals surface area contributed by atoms with Crippen LogP contribution in [-0.4, -0.2) is 11.5 Å². The molecule has 0 saturated carbocycles. The molecule has 1 nitrogen and oxygen atoms in total. The summed E-state index contributed by atoms with van der Waals surface area (Å²) >= 11 is 1.64. The highest BCUT2D eigenvalue weighted by molar-refractivity contribution is 7.99. The van der Waals surface area contributed by atoms with Crippen LogP contribution in [0.1, 0.15) is 13.8 Å². The van der Waals surface area contributed by atoms with Crippen molar-refractivity contribution in [3.05, 3.63) is 11.6 Å². The van der Waals surface area contributed by atoms with Gasteiger partial charge in [0.1, 0.15) is 0 Å². The summed E-state index contributed by atoms with van der Waals surface area (Å²) in [4.78, 5) is 0. The molecule has 0 radical (unpaired) electrons. The van der Waals surface area contributed by atoms with Crippen LogP contribution in [0.2, 0.25) is 0 Å². The molecule has 0 N–H and O–H groups in total. The van der Waals surface area contributed by atoms with Gasteiger partial charge in [-0.3, -0.25) is 0 Å². The van der Waals surface area contributed by atoms with Crippen molar-refractivity contribution in [1.29, 1.82) is 5.26 Å². The predicted octanol–water partition coefficient (Wildman–Crippen LogP) is 2.21. The van der Waals surface area contributed by atoms with Crippen molar-refractivity contribution in [1.82, 2.24) is 0 Å². The number of hydrogen-bond donors (Lipinski definition) is 0. The Balaban J connectivity index is 3.12. The maximum absolute atomic E-state index is 8.14. The second-order valence-electron chi connectivity index (χ2n) is 1.95. The van der Waals surface area contributed by atoms with Crippen molar-refractivity contribution >= 4 is 11.8 Å². The normalized spacial score (nSPS) is 8.11. The van der Waals surface area contributed by atoms with E-state index in [-0.39, 0.29) is 0 Å². The molecule has 0 atom stereocenters. The third-order valence-corrected chi connectivity index (χ3v) is 1.51. The molecule has 0 rings (SSSR count). The Morgan fingerprint density at radius 1 is 1.67 bits per heavy atom. The Labute approximate surface area is 60.8 Å². The fourth-order valence-electron chi connectivity index (χ4n) is 0.330. The van der Waals surface area contributed by atoms with E-state index >= 15 is 0 Å². The molecule has 0 aromatic carbocycles. The molecule has 0 aromatic heterocycles. The van der Waals surface area contributed by atoms with E-state index in [9.17, 15) is 0 Å². The van der Waals surface area contributed by atoms with Crippen LogP contribution < -0.4 is 0 Å². The van der Waals surface area contributed by atoms with Crippen LogP contribution in [-0.2, 0) is 0 Å². The molecule has 50 valence electrons. The van der Waals surface area contributed by atoms with Crippen molar-refractivity contribution in [2.24, 2.45) is 0 Å². The number of hydrogen-bond acceptors (Lipinski definition) is 2. The predicted molar refractivity (Wildman–Crippen MR) is 42.4 cm³/mol. The van der Waals surface area contributed by atoms with E-state index in [1.807, 2.05) is 0 Å². The Bertz CT molecular complexity index is 128. The van der Waals surface area contributed by atoms with E-state index in [1.165, 1.54) is 5.57 Å². The lowest BCUT2D eigenvalue weighted by atomic mass is 10.3. The Morgan fingerprint density at radius 3 is 2.78 bits per heavy atom. The van der Waals surface area contributed by atoms with Gasteiger partial charge >= 0.3 is 0 Å². The summed E-state index contributed by atoms with van der Waals surface area (Å²) < 4.78 is 0. The van der Waals surface area contributed by atoms with Crippen molar-refractivity contribution in [3.63, 3.8) is 0 Å². The first-order valence-corrected chi connectivity index (χ1v) is 4.01. The van der Waals surface area contributed by atoms with E-state index in [2.05, 4.69) is 26.0 Å². The Morgan fingerprint density at radius 2 is 2.33 bits per heavy atom. The fraction of sp³-hybridized carbons (Fsp3) is 0.571. The van der Waals surface area contributed by atoms with E-state index in [1.54, 1.807) is 11.8 Å². The minimum atomic E-state index is 0.601. The minimum Gasteiger partial charge on any atom is -0.197 e. The molecule has 9 heavy (non-hydrogen) atoms. The summed E-state index contributed by atoms with van der Waals surface area (Å²) in [5, 5.41) is 8.14. The lowest BCUT2D eigenvalue weighted by molar-refractivity contribution is 1.37. The number of nitrogens with zero attached hydrogens (tertiary/aromatic N) is 1. The summed E-state index contributed by atoms with van der Waals surface area (Å²) in [7, 11) is 0. The maximum Gasteiger partial charge on any atom is 0.0811 e. The smallest absolute Gasteiger partial charge is 0.0811 e. The second-order valence-corrected chi connectivity index (χ2v) is 2.98. The first-order chi connectivity index (χ1) is 4.27. The molecule has 0 aliphatic rings. The van der Waals surface area contributed by atoms with E-state index in [4.69, 9.17) is 5.26 Å². The monoisotopic (exact) mass is 141 g/mol. The molecule has 0 saturated heterocycles. The molecular weight excluding hydrogens is 130 g/mol. The largest absolute Gasteiger partial charge is 0.197 e. The van der Waals surface area contributed by atoms with Gasteiger partial charge in [-0.2, -0.15) is 5.26 Å². The van der Waals surface area contributed by atoms with Gasteiger partial charge in [0.25, 0.3) is 0 Å². The van der Waals surface area contributed by atoms with Crippen LogP contribution in [0.25, 0.3) is 0 Å². The topological polar surface area (TPSA) is 23.8 Å². The summed E-state index contributed by atoms with van der Waals surface area (Å²) in [5.41, 5.74) is 1.32. The van der Waals surface area contributed by atoms with Crippen LogP contribution in [0.5, 0.6) is 0 Å². The van der Waals surface area contributed by atoms with Gasteiger partial charge in [-0.1, -0.05) is 11.6 Å². The van der Waals surface area contributed by atoms with Gasteiger partial charge in [-0.25, -0.2) is 0 Å². The SMILES string of the molecule is CC(C)=CCSCC#N. The number of nitriles is 1. The lowest BCUT2D eigenvalue weighted by Crippen LogP contribution is -1.75. The lowest BCUT2D eigenvalue weighted by Gasteiger charge is -1.88. The van der Waals surface area contributed by atoms with Crippen molar-refractivity contribution < 1.29 is 0 Å². The molecular formula is C7H11NS. The third kappa shape index (κ3) is 7.58. The number of allylic oxidation sites excluding steroid dienone is 1. The second kappa shape index (κ2) is 5.71. The summed E-state index contributed by atoms with van der Waals surface area (Å²) in [6.07, 6.45) is 2.13. The molecule has 0 heterocycles.